The second-order valence-corrected chi connectivity index (χ2v) is 13.5. The number of benzene rings is 9. The van der Waals surface area contributed by atoms with Gasteiger partial charge in [-0.05, 0) is 119 Å². The third kappa shape index (κ3) is 5.32. The summed E-state index contributed by atoms with van der Waals surface area (Å²) < 4.78 is 0. The Morgan fingerprint density at radius 1 is 0.321 bits per heavy atom. The van der Waals surface area contributed by atoms with E-state index in [9.17, 15) is 0 Å². The maximum Gasteiger partial charge on any atom is 0.137 e. The van der Waals surface area contributed by atoms with Crippen molar-refractivity contribution in [2.45, 2.75) is 0 Å². The molecule has 0 aliphatic rings. The minimum atomic E-state index is 0.871. The highest BCUT2D eigenvalue weighted by atomic mass is 15.2. The van der Waals surface area contributed by atoms with Crippen molar-refractivity contribution in [2.75, 3.05) is 4.90 Å². The molecule has 0 unspecified atom stereocenters. The quantitative estimate of drug-likeness (QED) is 0.129. The van der Waals surface area contributed by atoms with Gasteiger partial charge < -0.3 is 0 Å². The largest absolute Gasteiger partial charge is 0.295 e. The highest BCUT2D eigenvalue weighted by Gasteiger charge is 2.20. The van der Waals surface area contributed by atoms with Crippen LogP contribution in [0.5, 0.6) is 0 Å². The van der Waals surface area contributed by atoms with Crippen LogP contribution >= 0.6 is 0 Å². The molecule has 2 nitrogen and oxygen atoms in total. The fourth-order valence-corrected chi connectivity index (χ4v) is 8.10. The molecule has 10 aromatic rings. The van der Waals surface area contributed by atoms with E-state index >= 15 is 0 Å². The summed E-state index contributed by atoms with van der Waals surface area (Å²) in [4.78, 5) is 7.00. The van der Waals surface area contributed by atoms with Gasteiger partial charge in [0.25, 0.3) is 0 Å². The van der Waals surface area contributed by atoms with Gasteiger partial charge in [-0.2, -0.15) is 0 Å². The van der Waals surface area contributed by atoms with Crippen LogP contribution in [0, 0.1) is 0 Å². The molecule has 2 heteroatoms. The maximum atomic E-state index is 4.78. The van der Waals surface area contributed by atoms with Crippen molar-refractivity contribution in [1.29, 1.82) is 0 Å². The zero-order valence-electron chi connectivity index (χ0n) is 29.0. The van der Waals surface area contributed by atoms with Gasteiger partial charge in [-0.25, -0.2) is 4.98 Å². The second-order valence-electron chi connectivity index (χ2n) is 13.5. The molecule has 10 rings (SSSR count). The SMILES string of the molecule is c1ccc(-c2ccc(N(c3ccc(-c4c5ccccc5c(-c5cc6ccccc6c6ccccc56)c5ccccc45)cc3)c3ccccn3)cc2)cc1. The van der Waals surface area contributed by atoms with Crippen LogP contribution in [0.3, 0.4) is 0 Å². The van der Waals surface area contributed by atoms with E-state index in [2.05, 4.69) is 193 Å². The molecular formula is C51H34N2. The molecule has 0 spiro atoms. The van der Waals surface area contributed by atoms with Gasteiger partial charge >= 0.3 is 0 Å². The van der Waals surface area contributed by atoms with Gasteiger partial charge in [0.05, 0.1) is 0 Å². The molecule has 0 aliphatic carbocycles. The summed E-state index contributed by atoms with van der Waals surface area (Å²) in [6.45, 7) is 0. The van der Waals surface area contributed by atoms with Crippen LogP contribution in [-0.2, 0) is 0 Å². The minimum absolute atomic E-state index is 0.871. The first-order valence-electron chi connectivity index (χ1n) is 18.1. The molecule has 53 heavy (non-hydrogen) atoms. The van der Waals surface area contributed by atoms with Gasteiger partial charge in [0.1, 0.15) is 5.82 Å². The molecular weight excluding hydrogens is 641 g/mol. The average molecular weight is 675 g/mol. The zero-order chi connectivity index (χ0) is 35.1. The van der Waals surface area contributed by atoms with Crippen molar-refractivity contribution in [3.05, 3.63) is 206 Å². The number of nitrogens with zero attached hydrogens (tertiary/aromatic N) is 2. The normalized spacial score (nSPS) is 11.4. The fraction of sp³-hybridized carbons (Fsp3) is 0. The zero-order valence-corrected chi connectivity index (χ0v) is 29.0. The predicted molar refractivity (Wildman–Crippen MR) is 225 cm³/mol. The molecule has 0 aliphatic heterocycles. The number of hydrogen-bond acceptors (Lipinski definition) is 2. The lowest BCUT2D eigenvalue weighted by Crippen LogP contribution is -2.11. The molecule has 0 atom stereocenters. The van der Waals surface area contributed by atoms with Crippen LogP contribution in [0.4, 0.5) is 17.2 Å². The summed E-state index contributed by atoms with van der Waals surface area (Å²) in [5, 5.41) is 10.1. The van der Waals surface area contributed by atoms with E-state index in [-0.39, 0.29) is 0 Å². The summed E-state index contributed by atoms with van der Waals surface area (Å²) in [5.41, 5.74) is 9.45. The summed E-state index contributed by atoms with van der Waals surface area (Å²) in [5.74, 6) is 0.871. The lowest BCUT2D eigenvalue weighted by atomic mass is 9.84. The standard InChI is InChI=1S/C51H34N2/c1-2-14-35(15-3-1)36-25-29-39(30-26-36)53(49-24-12-13-33-52-49)40-31-27-37(28-32-40)50-44-20-8-10-22-46(44)51(47-23-11-9-21-45(47)50)48-34-38-16-4-5-17-41(38)42-18-6-7-19-43(42)48/h1-34H. The molecule has 0 saturated carbocycles. The number of anilines is 3. The molecule has 0 fully saturated rings. The van der Waals surface area contributed by atoms with Crippen LogP contribution in [-0.4, -0.2) is 4.98 Å². The number of aromatic nitrogens is 1. The lowest BCUT2D eigenvalue weighted by molar-refractivity contribution is 1.18. The summed E-state index contributed by atoms with van der Waals surface area (Å²) in [6, 6.07) is 72.1. The maximum absolute atomic E-state index is 4.78. The molecule has 1 aromatic heterocycles. The Kier molecular flexibility index (Phi) is 7.51. The van der Waals surface area contributed by atoms with Crippen molar-refractivity contribution < 1.29 is 0 Å². The number of fused-ring (bicyclic) bond motifs is 5. The molecule has 9 aromatic carbocycles. The van der Waals surface area contributed by atoms with Gasteiger partial charge in [0, 0.05) is 17.6 Å². The van der Waals surface area contributed by atoms with E-state index in [1.807, 2.05) is 18.3 Å². The Balaban J connectivity index is 1.14. The molecule has 0 amide bonds. The van der Waals surface area contributed by atoms with Crippen LogP contribution in [0.25, 0.3) is 76.5 Å². The van der Waals surface area contributed by atoms with Crippen molar-refractivity contribution in [3.63, 3.8) is 0 Å². The van der Waals surface area contributed by atoms with Crippen LogP contribution in [0.1, 0.15) is 0 Å². The van der Waals surface area contributed by atoms with E-state index in [0.717, 1.165) is 17.2 Å². The van der Waals surface area contributed by atoms with Gasteiger partial charge in [0.2, 0.25) is 0 Å². The van der Waals surface area contributed by atoms with Gasteiger partial charge in [-0.3, -0.25) is 4.90 Å². The smallest absolute Gasteiger partial charge is 0.137 e. The molecule has 0 bridgehead atoms. The molecule has 0 radical (unpaired) electrons. The van der Waals surface area contributed by atoms with Crippen molar-refractivity contribution in [3.8, 4) is 33.4 Å². The molecule has 1 heterocycles. The van der Waals surface area contributed by atoms with Crippen LogP contribution in [0.15, 0.2) is 206 Å². The second kappa shape index (κ2) is 12.9. The van der Waals surface area contributed by atoms with Gasteiger partial charge in [0.15, 0.2) is 0 Å². The molecule has 0 saturated heterocycles. The van der Waals surface area contributed by atoms with Crippen molar-refractivity contribution >= 4 is 60.3 Å². The van der Waals surface area contributed by atoms with E-state index in [1.54, 1.807) is 0 Å². The van der Waals surface area contributed by atoms with Crippen LogP contribution < -0.4 is 4.90 Å². The third-order valence-corrected chi connectivity index (χ3v) is 10.5. The molecule has 248 valence electrons. The van der Waals surface area contributed by atoms with Gasteiger partial charge in [-0.15, -0.1) is 0 Å². The highest BCUT2D eigenvalue weighted by molar-refractivity contribution is 6.25. The van der Waals surface area contributed by atoms with Gasteiger partial charge in [-0.1, -0.05) is 158 Å². The van der Waals surface area contributed by atoms with Crippen molar-refractivity contribution in [2.24, 2.45) is 0 Å². The summed E-state index contributed by atoms with van der Waals surface area (Å²) >= 11 is 0. The highest BCUT2D eigenvalue weighted by Crippen LogP contribution is 2.47. The Morgan fingerprint density at radius 2 is 0.792 bits per heavy atom. The monoisotopic (exact) mass is 674 g/mol. The average Bonchev–Trinajstić information content (AvgIpc) is 3.24. The first-order valence-corrected chi connectivity index (χ1v) is 18.1. The summed E-state index contributed by atoms with van der Waals surface area (Å²) in [7, 11) is 0. The van der Waals surface area contributed by atoms with E-state index in [0.29, 0.717) is 0 Å². The Morgan fingerprint density at radius 3 is 1.40 bits per heavy atom. The number of pyridine rings is 1. The summed E-state index contributed by atoms with van der Waals surface area (Å²) in [6.07, 6.45) is 1.85. The molecule has 0 N–H and O–H groups in total. The minimum Gasteiger partial charge on any atom is -0.295 e. The Labute approximate surface area is 308 Å². The third-order valence-electron chi connectivity index (χ3n) is 10.5. The van der Waals surface area contributed by atoms with E-state index < -0.39 is 0 Å². The van der Waals surface area contributed by atoms with E-state index in [1.165, 1.54) is 76.5 Å². The fourth-order valence-electron chi connectivity index (χ4n) is 8.10. The Hall–Kier alpha value is -7.03. The topological polar surface area (TPSA) is 16.1 Å². The lowest BCUT2D eigenvalue weighted by Gasteiger charge is -2.25. The Bertz CT molecular complexity index is 2860. The van der Waals surface area contributed by atoms with Crippen molar-refractivity contribution in [1.82, 2.24) is 4.98 Å². The first kappa shape index (κ1) is 30.8. The number of rotatable bonds is 6. The van der Waals surface area contributed by atoms with E-state index in [4.69, 9.17) is 4.98 Å². The predicted octanol–water partition coefficient (Wildman–Crippen LogP) is 14.2. The number of hydrogen-bond donors (Lipinski definition) is 0. The van der Waals surface area contributed by atoms with Crippen LogP contribution in [0.2, 0.25) is 0 Å². The first-order chi connectivity index (χ1) is 26.3.